The molecule has 21 heavy (non-hydrogen) atoms. The molecule has 0 radical (unpaired) electrons. The van der Waals surface area contributed by atoms with E-state index in [9.17, 15) is 14.9 Å². The molecule has 0 bridgehead atoms. The van der Waals surface area contributed by atoms with Gasteiger partial charge in [-0.05, 0) is 37.8 Å². The Balaban J connectivity index is 2.16. The molecule has 1 atom stereocenters. The molecule has 1 amide bonds. The number of amides is 1. The fourth-order valence-electron chi connectivity index (χ4n) is 2.64. The van der Waals surface area contributed by atoms with E-state index in [-0.39, 0.29) is 28.2 Å². The summed E-state index contributed by atoms with van der Waals surface area (Å²) in [6, 6.07) is 4.23. The molecule has 1 saturated heterocycles. The van der Waals surface area contributed by atoms with Crippen LogP contribution in [0.1, 0.15) is 30.1 Å². The molecular weight excluding hydrogens is 294 g/mol. The van der Waals surface area contributed by atoms with E-state index < -0.39 is 4.92 Å². The average molecular weight is 312 g/mol. The maximum absolute atomic E-state index is 12.5. The Kier molecular flexibility index (Phi) is 4.80. The van der Waals surface area contributed by atoms with Gasteiger partial charge in [0.2, 0.25) is 0 Å². The Labute approximate surface area is 128 Å². The first-order valence-electron chi connectivity index (χ1n) is 6.89. The molecular formula is C14H18ClN3O3. The van der Waals surface area contributed by atoms with Gasteiger partial charge in [0.15, 0.2) is 0 Å². The summed E-state index contributed by atoms with van der Waals surface area (Å²) in [6.45, 7) is 3.11. The normalized spacial score (nSPS) is 17.6. The molecule has 2 rings (SSSR count). The highest BCUT2D eigenvalue weighted by Gasteiger charge is 2.29. The molecule has 1 aromatic carbocycles. The third-order valence-corrected chi connectivity index (χ3v) is 4.19. The van der Waals surface area contributed by atoms with Crippen molar-refractivity contribution in [2.75, 3.05) is 13.1 Å². The number of nitro benzene ring substituents is 1. The highest BCUT2D eigenvalue weighted by Crippen LogP contribution is 2.27. The van der Waals surface area contributed by atoms with Crippen LogP contribution in [0.5, 0.6) is 0 Å². The number of halogens is 1. The minimum atomic E-state index is -0.576. The second-order valence-corrected chi connectivity index (χ2v) is 5.84. The van der Waals surface area contributed by atoms with Crippen molar-refractivity contribution in [2.24, 2.45) is 11.7 Å². The molecule has 1 unspecified atom stereocenters. The maximum atomic E-state index is 12.5. The van der Waals surface area contributed by atoms with Gasteiger partial charge in [0.1, 0.15) is 5.56 Å². The summed E-state index contributed by atoms with van der Waals surface area (Å²) in [6.07, 6.45) is 1.65. The molecule has 0 saturated carbocycles. The molecule has 1 aliphatic rings. The third-order valence-electron chi connectivity index (χ3n) is 3.96. The van der Waals surface area contributed by atoms with Gasteiger partial charge in [-0.1, -0.05) is 11.6 Å². The number of nitro groups is 1. The summed E-state index contributed by atoms with van der Waals surface area (Å²) in [5.41, 5.74) is 5.71. The standard InChI is InChI=1S/C14H18ClN3O3/c1-9(16)10-4-6-17(7-5-10)14(19)12-3-2-11(15)8-13(12)18(20)21/h2-3,8-10H,4-7,16H2,1H3. The quantitative estimate of drug-likeness (QED) is 0.686. The van der Waals surface area contributed by atoms with Crippen molar-refractivity contribution in [3.05, 3.63) is 38.9 Å². The number of hydrogen-bond donors (Lipinski definition) is 1. The highest BCUT2D eigenvalue weighted by atomic mass is 35.5. The molecule has 1 heterocycles. The molecule has 0 aromatic heterocycles. The number of benzene rings is 1. The molecule has 1 aliphatic heterocycles. The van der Waals surface area contributed by atoms with Crippen molar-refractivity contribution in [3.63, 3.8) is 0 Å². The van der Waals surface area contributed by atoms with Crippen LogP contribution in [0.3, 0.4) is 0 Å². The van der Waals surface area contributed by atoms with E-state index >= 15 is 0 Å². The van der Waals surface area contributed by atoms with Gasteiger partial charge in [-0.3, -0.25) is 14.9 Å². The Morgan fingerprint density at radius 3 is 2.62 bits per heavy atom. The van der Waals surface area contributed by atoms with E-state index in [4.69, 9.17) is 17.3 Å². The van der Waals surface area contributed by atoms with Crippen LogP contribution < -0.4 is 5.73 Å². The zero-order valence-corrected chi connectivity index (χ0v) is 12.5. The van der Waals surface area contributed by atoms with Gasteiger partial charge in [0, 0.05) is 30.2 Å². The topological polar surface area (TPSA) is 89.5 Å². The van der Waals surface area contributed by atoms with Crippen molar-refractivity contribution in [1.82, 2.24) is 4.90 Å². The van der Waals surface area contributed by atoms with Crippen LogP contribution in [-0.2, 0) is 0 Å². The summed E-state index contributed by atoms with van der Waals surface area (Å²) in [4.78, 5) is 24.6. The second kappa shape index (κ2) is 6.41. The van der Waals surface area contributed by atoms with Crippen molar-refractivity contribution < 1.29 is 9.72 Å². The number of likely N-dealkylation sites (tertiary alicyclic amines) is 1. The first-order valence-corrected chi connectivity index (χ1v) is 7.26. The largest absolute Gasteiger partial charge is 0.338 e. The molecule has 1 fully saturated rings. The summed E-state index contributed by atoms with van der Waals surface area (Å²) in [5.74, 6) is 0.0794. The SMILES string of the molecule is CC(N)C1CCN(C(=O)c2ccc(Cl)cc2[N+](=O)[O-])CC1. The lowest BCUT2D eigenvalue weighted by atomic mass is 9.90. The number of nitrogens with zero attached hydrogens (tertiary/aromatic N) is 2. The number of rotatable bonds is 3. The van der Waals surface area contributed by atoms with Gasteiger partial charge in [-0.15, -0.1) is 0 Å². The van der Waals surface area contributed by atoms with E-state index in [1.54, 1.807) is 4.90 Å². The number of nitrogens with two attached hydrogens (primary N) is 1. The Bertz CT molecular complexity index is 554. The van der Waals surface area contributed by atoms with Gasteiger partial charge in [-0.25, -0.2) is 0 Å². The van der Waals surface area contributed by atoms with Crippen molar-refractivity contribution in [3.8, 4) is 0 Å². The minimum absolute atomic E-state index is 0.0867. The first-order chi connectivity index (χ1) is 9.90. The van der Waals surface area contributed by atoms with Crippen LogP contribution in [-0.4, -0.2) is 34.9 Å². The Morgan fingerprint density at radius 1 is 1.48 bits per heavy atom. The predicted octanol–water partition coefficient (Wildman–Crippen LogP) is 2.45. The lowest BCUT2D eigenvalue weighted by Crippen LogP contribution is -2.42. The first kappa shape index (κ1) is 15.7. The van der Waals surface area contributed by atoms with Crippen molar-refractivity contribution in [1.29, 1.82) is 0 Å². The number of hydrogen-bond acceptors (Lipinski definition) is 4. The summed E-state index contributed by atoms with van der Waals surface area (Å²) in [5, 5.41) is 11.3. The van der Waals surface area contributed by atoms with Gasteiger partial charge in [-0.2, -0.15) is 0 Å². The van der Waals surface area contributed by atoms with Crippen LogP contribution in [0.4, 0.5) is 5.69 Å². The minimum Gasteiger partial charge on any atom is -0.338 e. The van der Waals surface area contributed by atoms with Crippen molar-refractivity contribution >= 4 is 23.2 Å². The van der Waals surface area contributed by atoms with E-state index in [1.165, 1.54) is 18.2 Å². The average Bonchev–Trinajstić information content (AvgIpc) is 2.46. The summed E-state index contributed by atoms with van der Waals surface area (Å²) >= 11 is 5.76. The lowest BCUT2D eigenvalue weighted by molar-refractivity contribution is -0.385. The lowest BCUT2D eigenvalue weighted by Gasteiger charge is -2.33. The van der Waals surface area contributed by atoms with Gasteiger partial charge >= 0.3 is 0 Å². The van der Waals surface area contributed by atoms with E-state index in [0.717, 1.165) is 12.8 Å². The molecule has 114 valence electrons. The third kappa shape index (κ3) is 3.51. The Morgan fingerprint density at radius 2 is 2.10 bits per heavy atom. The molecule has 6 nitrogen and oxygen atoms in total. The second-order valence-electron chi connectivity index (χ2n) is 5.41. The van der Waals surface area contributed by atoms with E-state index in [0.29, 0.717) is 19.0 Å². The summed E-state index contributed by atoms with van der Waals surface area (Å²) < 4.78 is 0. The fourth-order valence-corrected chi connectivity index (χ4v) is 2.80. The maximum Gasteiger partial charge on any atom is 0.283 e. The van der Waals surface area contributed by atoms with Crippen LogP contribution in [0, 0.1) is 16.0 Å². The van der Waals surface area contributed by atoms with Crippen LogP contribution >= 0.6 is 11.6 Å². The number of piperidine rings is 1. The molecule has 1 aromatic rings. The van der Waals surface area contributed by atoms with Crippen molar-refractivity contribution in [2.45, 2.75) is 25.8 Å². The summed E-state index contributed by atoms with van der Waals surface area (Å²) in [7, 11) is 0. The van der Waals surface area contributed by atoms with Crippen LogP contribution in [0.25, 0.3) is 0 Å². The molecule has 0 spiro atoms. The van der Waals surface area contributed by atoms with Gasteiger partial charge in [0.25, 0.3) is 11.6 Å². The van der Waals surface area contributed by atoms with Gasteiger partial charge < -0.3 is 10.6 Å². The monoisotopic (exact) mass is 311 g/mol. The smallest absolute Gasteiger partial charge is 0.283 e. The van der Waals surface area contributed by atoms with Crippen LogP contribution in [0.2, 0.25) is 5.02 Å². The predicted molar refractivity (Wildman–Crippen MR) is 80.4 cm³/mol. The van der Waals surface area contributed by atoms with Crippen LogP contribution in [0.15, 0.2) is 18.2 Å². The molecule has 7 heteroatoms. The van der Waals surface area contributed by atoms with E-state index in [2.05, 4.69) is 0 Å². The zero-order chi connectivity index (χ0) is 15.6. The van der Waals surface area contributed by atoms with E-state index in [1.807, 2.05) is 6.92 Å². The molecule has 2 N–H and O–H groups in total. The molecule has 0 aliphatic carbocycles. The fraction of sp³-hybridized carbons (Fsp3) is 0.500. The number of carbonyl (C=O) groups excluding carboxylic acids is 1. The van der Waals surface area contributed by atoms with Gasteiger partial charge in [0.05, 0.1) is 4.92 Å². The zero-order valence-electron chi connectivity index (χ0n) is 11.8. The highest BCUT2D eigenvalue weighted by molar-refractivity contribution is 6.31. The Hall–Kier alpha value is -1.66. The number of carbonyl (C=O) groups is 1.